The maximum atomic E-state index is 10.8. The lowest BCUT2D eigenvalue weighted by molar-refractivity contribution is -0.130. The first kappa shape index (κ1) is 25.2. The summed E-state index contributed by atoms with van der Waals surface area (Å²) in [6.07, 6.45) is -1.88. The van der Waals surface area contributed by atoms with Gasteiger partial charge >= 0.3 is 6.18 Å². The summed E-state index contributed by atoms with van der Waals surface area (Å²) in [7, 11) is 0. The summed E-state index contributed by atoms with van der Waals surface area (Å²) in [5, 5.41) is 11.8. The minimum atomic E-state index is -3.96. The lowest BCUT2D eigenvalue weighted by atomic mass is 9.94. The van der Waals surface area contributed by atoms with Crippen molar-refractivity contribution < 1.29 is 27.8 Å². The molecule has 0 spiro atoms. The number of carbonyl (C=O) groups is 1. The van der Waals surface area contributed by atoms with Gasteiger partial charge in [0, 0.05) is 31.6 Å². The average molecular weight is 419 g/mol. The third kappa shape index (κ3) is 8.22. The molecule has 1 unspecified atom stereocenters. The number of nitrogens with zero attached hydrogens (tertiary/aromatic N) is 1. The Morgan fingerprint density at radius 2 is 1.86 bits per heavy atom. The number of likely N-dealkylation sites (tertiary alicyclic amines) is 1. The van der Waals surface area contributed by atoms with Crippen molar-refractivity contribution in [3.8, 4) is 5.75 Å². The molecule has 1 saturated heterocycles. The molecule has 1 amide bonds. The van der Waals surface area contributed by atoms with Crippen LogP contribution < -0.4 is 10.1 Å². The van der Waals surface area contributed by atoms with E-state index in [-0.39, 0.29) is 6.61 Å². The first-order chi connectivity index (χ1) is 13.6. The normalized spacial score (nSPS) is 16.6. The number of nitrogens with one attached hydrogen (secondary N) is 1. The predicted octanol–water partition coefficient (Wildman–Crippen LogP) is 3.90. The molecule has 1 fully saturated rings. The maximum Gasteiger partial charge on any atom is 0.388 e. The highest BCUT2D eigenvalue weighted by molar-refractivity contribution is 5.46. The standard InChI is InChI=1S/C18H28N2O3.C3H5F3/c1-13-14(2)18(23-11-10-21)5-4-17(13)15(3)20-8-6-16(7-9-20)19-12-22;1-2-3(4,5)6/h4-5,12,15-16,21H,6-11H2,1-3H3,(H,19,22);2H2,1H3. The van der Waals surface area contributed by atoms with Crippen LogP contribution in [0.2, 0.25) is 0 Å². The zero-order valence-corrected chi connectivity index (χ0v) is 17.7. The maximum absolute atomic E-state index is 10.8. The van der Waals surface area contributed by atoms with E-state index in [1.54, 1.807) is 0 Å². The minimum Gasteiger partial charge on any atom is -0.491 e. The summed E-state index contributed by atoms with van der Waals surface area (Å²) in [5.41, 5.74) is 3.71. The van der Waals surface area contributed by atoms with Gasteiger partial charge in [-0.3, -0.25) is 9.69 Å². The molecule has 0 aromatic heterocycles. The van der Waals surface area contributed by atoms with Crippen LogP contribution in [0.3, 0.4) is 0 Å². The molecule has 5 nitrogen and oxygen atoms in total. The second kappa shape index (κ2) is 12.0. The van der Waals surface area contributed by atoms with Gasteiger partial charge in [-0.25, -0.2) is 0 Å². The van der Waals surface area contributed by atoms with E-state index in [0.717, 1.165) is 50.6 Å². The number of piperidine rings is 1. The van der Waals surface area contributed by atoms with Crippen LogP contribution in [-0.4, -0.2) is 54.9 Å². The molecule has 2 N–H and O–H groups in total. The van der Waals surface area contributed by atoms with Gasteiger partial charge < -0.3 is 15.2 Å². The van der Waals surface area contributed by atoms with Gasteiger partial charge in [-0.15, -0.1) is 0 Å². The molecule has 0 aliphatic carbocycles. The molecule has 1 aliphatic heterocycles. The molecule has 29 heavy (non-hydrogen) atoms. The van der Waals surface area contributed by atoms with Crippen molar-refractivity contribution in [1.29, 1.82) is 0 Å². The summed E-state index contributed by atoms with van der Waals surface area (Å²) in [4.78, 5) is 13.0. The number of benzene rings is 1. The Kier molecular flexibility index (Phi) is 10.5. The van der Waals surface area contributed by atoms with Crippen LogP contribution in [0.4, 0.5) is 13.2 Å². The molecule has 0 radical (unpaired) electrons. The van der Waals surface area contributed by atoms with E-state index in [0.29, 0.717) is 18.7 Å². The zero-order valence-electron chi connectivity index (χ0n) is 17.7. The molecule has 2 rings (SSSR count). The molecule has 1 heterocycles. The number of aliphatic hydroxyl groups excluding tert-OH is 1. The van der Waals surface area contributed by atoms with E-state index in [1.165, 1.54) is 11.1 Å². The van der Waals surface area contributed by atoms with Gasteiger partial charge in [0.05, 0.1) is 6.61 Å². The summed E-state index contributed by atoms with van der Waals surface area (Å²) >= 11 is 0. The second-order valence-corrected chi connectivity index (χ2v) is 7.21. The fraction of sp³-hybridized carbons (Fsp3) is 0.667. The third-order valence-electron chi connectivity index (χ3n) is 5.36. The summed E-state index contributed by atoms with van der Waals surface area (Å²) in [6, 6.07) is 4.80. The van der Waals surface area contributed by atoms with Gasteiger partial charge in [-0.05, 0) is 56.4 Å². The van der Waals surface area contributed by atoms with Crippen molar-refractivity contribution >= 4 is 6.41 Å². The molecule has 1 aromatic rings. The highest BCUT2D eigenvalue weighted by Gasteiger charge is 2.25. The third-order valence-corrected chi connectivity index (χ3v) is 5.36. The molecule has 166 valence electrons. The van der Waals surface area contributed by atoms with E-state index in [4.69, 9.17) is 9.84 Å². The molecule has 1 aromatic carbocycles. The van der Waals surface area contributed by atoms with Crippen molar-refractivity contribution in [1.82, 2.24) is 10.2 Å². The number of carbonyl (C=O) groups excluding carboxylic acids is 1. The van der Waals surface area contributed by atoms with Crippen LogP contribution in [0, 0.1) is 13.8 Å². The van der Waals surface area contributed by atoms with Crippen molar-refractivity contribution in [2.24, 2.45) is 0 Å². The van der Waals surface area contributed by atoms with Crippen LogP contribution in [-0.2, 0) is 4.79 Å². The van der Waals surface area contributed by atoms with Crippen LogP contribution in [0.25, 0.3) is 0 Å². The Morgan fingerprint density at radius 1 is 1.28 bits per heavy atom. The average Bonchev–Trinajstić information content (AvgIpc) is 2.69. The van der Waals surface area contributed by atoms with E-state index in [2.05, 4.69) is 37.1 Å². The first-order valence-corrected chi connectivity index (χ1v) is 9.98. The molecule has 0 saturated carbocycles. The Morgan fingerprint density at radius 3 is 2.34 bits per heavy atom. The van der Waals surface area contributed by atoms with E-state index in [9.17, 15) is 18.0 Å². The number of aliphatic hydroxyl groups is 1. The zero-order chi connectivity index (χ0) is 22.0. The van der Waals surface area contributed by atoms with Crippen molar-refractivity contribution in [2.75, 3.05) is 26.3 Å². The molecule has 8 heteroatoms. The Balaban J connectivity index is 0.000000612. The highest BCUT2D eigenvalue weighted by atomic mass is 19.4. The van der Waals surface area contributed by atoms with Gasteiger partial charge in [0.1, 0.15) is 12.4 Å². The molecular weight excluding hydrogens is 385 g/mol. The number of amides is 1. The smallest absolute Gasteiger partial charge is 0.388 e. The fourth-order valence-corrected chi connectivity index (χ4v) is 3.33. The number of rotatable bonds is 7. The van der Waals surface area contributed by atoms with E-state index >= 15 is 0 Å². The number of hydrogen-bond acceptors (Lipinski definition) is 4. The lowest BCUT2D eigenvalue weighted by Crippen LogP contribution is -2.43. The fourth-order valence-electron chi connectivity index (χ4n) is 3.33. The number of halogens is 3. The van der Waals surface area contributed by atoms with Crippen LogP contribution in [0.1, 0.15) is 55.8 Å². The number of alkyl halides is 3. The summed E-state index contributed by atoms with van der Waals surface area (Å²) in [6.45, 7) is 9.87. The largest absolute Gasteiger partial charge is 0.491 e. The van der Waals surface area contributed by atoms with Crippen LogP contribution in [0.5, 0.6) is 5.75 Å². The second-order valence-electron chi connectivity index (χ2n) is 7.21. The SMILES string of the molecule is CCC(F)(F)F.Cc1c(OCCO)ccc(C(C)N2CCC(NC=O)CC2)c1C. The van der Waals surface area contributed by atoms with E-state index < -0.39 is 12.6 Å². The van der Waals surface area contributed by atoms with Gasteiger partial charge in [-0.1, -0.05) is 13.0 Å². The Hall–Kier alpha value is -1.80. The number of hydrogen-bond donors (Lipinski definition) is 2. The molecular formula is C21H33F3N2O3. The van der Waals surface area contributed by atoms with Gasteiger partial charge in [0.15, 0.2) is 0 Å². The van der Waals surface area contributed by atoms with Crippen molar-refractivity contribution in [3.63, 3.8) is 0 Å². The quantitative estimate of drug-likeness (QED) is 0.660. The van der Waals surface area contributed by atoms with E-state index in [1.807, 2.05) is 6.07 Å². The Labute approximate surface area is 171 Å². The van der Waals surface area contributed by atoms with Crippen molar-refractivity contribution in [3.05, 3.63) is 28.8 Å². The van der Waals surface area contributed by atoms with Gasteiger partial charge in [-0.2, -0.15) is 13.2 Å². The molecule has 1 aliphatic rings. The lowest BCUT2D eigenvalue weighted by Gasteiger charge is -2.36. The number of ether oxygens (including phenoxy) is 1. The Bertz CT molecular complexity index is 630. The van der Waals surface area contributed by atoms with Crippen molar-refractivity contribution in [2.45, 2.75) is 65.2 Å². The van der Waals surface area contributed by atoms with Crippen LogP contribution >= 0.6 is 0 Å². The van der Waals surface area contributed by atoms with Gasteiger partial charge in [0.25, 0.3) is 0 Å². The first-order valence-electron chi connectivity index (χ1n) is 9.98. The monoisotopic (exact) mass is 418 g/mol. The summed E-state index contributed by atoms with van der Waals surface area (Å²) in [5.74, 6) is 0.849. The predicted molar refractivity (Wildman–Crippen MR) is 107 cm³/mol. The topological polar surface area (TPSA) is 61.8 Å². The molecule has 1 atom stereocenters. The van der Waals surface area contributed by atoms with Crippen LogP contribution in [0.15, 0.2) is 12.1 Å². The highest BCUT2D eigenvalue weighted by Crippen LogP contribution is 2.32. The summed E-state index contributed by atoms with van der Waals surface area (Å²) < 4.78 is 37.9. The van der Waals surface area contributed by atoms with Gasteiger partial charge in [0.2, 0.25) is 6.41 Å². The minimum absolute atomic E-state index is 0.0282. The molecule has 0 bridgehead atoms.